The zero-order valence-electron chi connectivity index (χ0n) is 9.01. The van der Waals surface area contributed by atoms with Crippen LogP contribution in [0.2, 0.25) is 0 Å². The van der Waals surface area contributed by atoms with Gasteiger partial charge in [-0.2, -0.15) is 13.2 Å². The third-order valence-corrected chi connectivity index (χ3v) is 2.03. The minimum Gasteiger partial charge on any atom is -0.370 e. The zero-order chi connectivity index (χ0) is 12.0. The number of aromatic nitrogens is 2. The summed E-state index contributed by atoms with van der Waals surface area (Å²) in [4.78, 5) is 7.91. The summed E-state index contributed by atoms with van der Waals surface area (Å²) in [6, 6.07) is 1.74. The highest BCUT2D eigenvalue weighted by Gasteiger charge is 2.25. The number of hydrogen-bond acceptors (Lipinski definition) is 3. The molecular formula is C10H14F3N3. The molecule has 0 unspecified atom stereocenters. The van der Waals surface area contributed by atoms with Crippen molar-refractivity contribution in [3.05, 3.63) is 18.1 Å². The predicted octanol–water partition coefficient (Wildman–Crippen LogP) is 2.79. The van der Waals surface area contributed by atoms with Gasteiger partial charge in [0.2, 0.25) is 0 Å². The van der Waals surface area contributed by atoms with Crippen molar-refractivity contribution >= 4 is 5.82 Å². The second kappa shape index (κ2) is 5.67. The molecule has 1 aromatic heterocycles. The maximum atomic E-state index is 11.8. The highest BCUT2D eigenvalue weighted by atomic mass is 19.4. The summed E-state index contributed by atoms with van der Waals surface area (Å²) in [6.45, 7) is 2.22. The molecule has 0 atom stereocenters. The van der Waals surface area contributed by atoms with Gasteiger partial charge < -0.3 is 5.32 Å². The predicted molar refractivity (Wildman–Crippen MR) is 55.2 cm³/mol. The summed E-state index contributed by atoms with van der Waals surface area (Å²) in [7, 11) is 0. The first-order valence-electron chi connectivity index (χ1n) is 5.13. The lowest BCUT2D eigenvalue weighted by Gasteiger charge is -2.08. The second-order valence-electron chi connectivity index (χ2n) is 3.39. The van der Waals surface area contributed by atoms with Gasteiger partial charge in [-0.25, -0.2) is 9.97 Å². The highest BCUT2D eigenvalue weighted by Crippen LogP contribution is 2.21. The van der Waals surface area contributed by atoms with E-state index in [0.29, 0.717) is 5.82 Å². The van der Waals surface area contributed by atoms with Crippen LogP contribution in [-0.2, 0) is 6.42 Å². The average molecular weight is 233 g/mol. The Morgan fingerprint density at radius 2 is 2.06 bits per heavy atom. The lowest BCUT2D eigenvalue weighted by molar-refractivity contribution is -0.134. The fourth-order valence-electron chi connectivity index (χ4n) is 1.19. The molecule has 1 aromatic rings. The van der Waals surface area contributed by atoms with Crippen LogP contribution in [0, 0.1) is 0 Å². The van der Waals surface area contributed by atoms with Crippen molar-refractivity contribution < 1.29 is 13.2 Å². The third kappa shape index (κ3) is 4.95. The molecule has 0 aromatic carbocycles. The smallest absolute Gasteiger partial charge is 0.370 e. The standard InChI is InChI=1S/C10H14F3N3/c1-2-8-6-9(16-7-15-8)14-5-3-4-10(11,12)13/h6-7H,2-5H2,1H3,(H,14,15,16). The molecule has 0 amide bonds. The van der Waals surface area contributed by atoms with E-state index in [4.69, 9.17) is 0 Å². The monoisotopic (exact) mass is 233 g/mol. The van der Waals surface area contributed by atoms with Crippen LogP contribution in [0.3, 0.4) is 0 Å². The van der Waals surface area contributed by atoms with Crippen LogP contribution in [0.15, 0.2) is 12.4 Å². The summed E-state index contributed by atoms with van der Waals surface area (Å²) in [5.74, 6) is 0.578. The Morgan fingerprint density at radius 1 is 1.31 bits per heavy atom. The molecule has 16 heavy (non-hydrogen) atoms. The largest absolute Gasteiger partial charge is 0.389 e. The van der Waals surface area contributed by atoms with E-state index in [1.807, 2.05) is 6.92 Å². The van der Waals surface area contributed by atoms with Gasteiger partial charge in [0.1, 0.15) is 12.1 Å². The number of rotatable bonds is 5. The molecule has 0 spiro atoms. The Morgan fingerprint density at radius 3 is 2.69 bits per heavy atom. The van der Waals surface area contributed by atoms with Crippen LogP contribution < -0.4 is 5.32 Å². The molecule has 3 nitrogen and oxygen atoms in total. The molecule has 0 radical (unpaired) electrons. The molecule has 0 saturated carbocycles. The first-order chi connectivity index (χ1) is 7.51. The lowest BCUT2D eigenvalue weighted by atomic mass is 10.3. The molecule has 0 aliphatic carbocycles. The maximum absolute atomic E-state index is 11.8. The minimum absolute atomic E-state index is 0.0506. The summed E-state index contributed by atoms with van der Waals surface area (Å²) in [5, 5.41) is 2.84. The van der Waals surface area contributed by atoms with Crippen molar-refractivity contribution in [2.75, 3.05) is 11.9 Å². The van der Waals surface area contributed by atoms with Gasteiger partial charge in [0.05, 0.1) is 0 Å². The van der Waals surface area contributed by atoms with Crippen molar-refractivity contribution in [2.45, 2.75) is 32.4 Å². The summed E-state index contributed by atoms with van der Waals surface area (Å²) in [5.41, 5.74) is 0.869. The van der Waals surface area contributed by atoms with E-state index in [9.17, 15) is 13.2 Å². The Hall–Kier alpha value is -1.33. The normalized spacial score (nSPS) is 11.5. The molecular weight excluding hydrogens is 219 g/mol. The summed E-state index contributed by atoms with van der Waals surface area (Å²) in [6.07, 6.45) is -2.62. The van der Waals surface area contributed by atoms with Crippen LogP contribution in [-0.4, -0.2) is 22.7 Å². The van der Waals surface area contributed by atoms with E-state index in [2.05, 4.69) is 15.3 Å². The van der Waals surface area contributed by atoms with E-state index >= 15 is 0 Å². The van der Waals surface area contributed by atoms with E-state index in [-0.39, 0.29) is 13.0 Å². The number of alkyl halides is 3. The Bertz CT molecular complexity index is 325. The Balaban J connectivity index is 2.32. The van der Waals surface area contributed by atoms with Gasteiger partial charge in [-0.1, -0.05) is 6.92 Å². The summed E-state index contributed by atoms with van der Waals surface area (Å²) >= 11 is 0. The molecule has 1 rings (SSSR count). The molecule has 6 heteroatoms. The van der Waals surface area contributed by atoms with Crippen molar-refractivity contribution in [1.82, 2.24) is 9.97 Å². The number of nitrogens with zero attached hydrogens (tertiary/aromatic N) is 2. The minimum atomic E-state index is -4.08. The molecule has 1 heterocycles. The second-order valence-corrected chi connectivity index (χ2v) is 3.39. The van der Waals surface area contributed by atoms with Gasteiger partial charge in [0.15, 0.2) is 0 Å². The molecule has 0 fully saturated rings. The fourth-order valence-corrected chi connectivity index (χ4v) is 1.19. The number of hydrogen-bond donors (Lipinski definition) is 1. The topological polar surface area (TPSA) is 37.8 Å². The molecule has 0 bridgehead atoms. The van der Waals surface area contributed by atoms with Gasteiger partial charge in [-0.15, -0.1) is 0 Å². The fraction of sp³-hybridized carbons (Fsp3) is 0.600. The van der Waals surface area contributed by atoms with Crippen LogP contribution in [0.25, 0.3) is 0 Å². The highest BCUT2D eigenvalue weighted by molar-refractivity contribution is 5.34. The van der Waals surface area contributed by atoms with Gasteiger partial charge in [0.25, 0.3) is 0 Å². The van der Waals surface area contributed by atoms with Gasteiger partial charge >= 0.3 is 6.18 Å². The van der Waals surface area contributed by atoms with Crippen LogP contribution in [0.5, 0.6) is 0 Å². The van der Waals surface area contributed by atoms with Gasteiger partial charge in [-0.3, -0.25) is 0 Å². The molecule has 0 aliphatic rings. The molecule has 1 N–H and O–H groups in total. The number of aryl methyl sites for hydroxylation is 1. The number of nitrogens with one attached hydrogen (secondary N) is 1. The van der Waals surface area contributed by atoms with Crippen molar-refractivity contribution in [1.29, 1.82) is 0 Å². The lowest BCUT2D eigenvalue weighted by Crippen LogP contribution is -2.11. The van der Waals surface area contributed by atoms with Gasteiger partial charge in [0, 0.05) is 24.7 Å². The molecule has 90 valence electrons. The maximum Gasteiger partial charge on any atom is 0.389 e. The van der Waals surface area contributed by atoms with Crippen molar-refractivity contribution in [3.8, 4) is 0 Å². The Kier molecular flexibility index (Phi) is 4.52. The van der Waals surface area contributed by atoms with Crippen molar-refractivity contribution in [2.24, 2.45) is 0 Å². The molecule has 0 saturated heterocycles. The van der Waals surface area contributed by atoms with Crippen molar-refractivity contribution in [3.63, 3.8) is 0 Å². The number of halogens is 3. The van der Waals surface area contributed by atoms with Crippen LogP contribution >= 0.6 is 0 Å². The van der Waals surface area contributed by atoms with Crippen LogP contribution in [0.4, 0.5) is 19.0 Å². The quantitative estimate of drug-likeness (QED) is 0.794. The first kappa shape index (κ1) is 12.7. The SMILES string of the molecule is CCc1cc(NCCCC(F)(F)F)ncn1. The van der Waals surface area contributed by atoms with Gasteiger partial charge in [-0.05, 0) is 12.8 Å². The van der Waals surface area contributed by atoms with E-state index in [0.717, 1.165) is 12.1 Å². The van der Waals surface area contributed by atoms with E-state index in [1.165, 1.54) is 6.33 Å². The average Bonchev–Trinajstić information content (AvgIpc) is 2.23. The molecule has 0 aliphatic heterocycles. The Labute approximate surface area is 92.1 Å². The first-order valence-corrected chi connectivity index (χ1v) is 5.13. The third-order valence-electron chi connectivity index (χ3n) is 2.03. The van der Waals surface area contributed by atoms with Crippen LogP contribution in [0.1, 0.15) is 25.5 Å². The number of anilines is 1. The van der Waals surface area contributed by atoms with E-state index < -0.39 is 12.6 Å². The zero-order valence-corrected chi connectivity index (χ0v) is 9.01. The summed E-state index contributed by atoms with van der Waals surface area (Å²) < 4.78 is 35.5. The van der Waals surface area contributed by atoms with E-state index in [1.54, 1.807) is 6.07 Å².